The molecule has 1 aromatic carbocycles. The van der Waals surface area contributed by atoms with Crippen LogP contribution in [0.25, 0.3) is 0 Å². The Balaban J connectivity index is 1.73. The highest BCUT2D eigenvalue weighted by Crippen LogP contribution is 2.51. The van der Waals surface area contributed by atoms with E-state index in [0.717, 1.165) is 38.5 Å². The van der Waals surface area contributed by atoms with Gasteiger partial charge in [0.2, 0.25) is 5.72 Å². The number of quaternary nitrogens is 1. The number of phenols is 1. The lowest BCUT2D eigenvalue weighted by atomic mass is 9.92. The van der Waals surface area contributed by atoms with Crippen LogP contribution in [0, 0.1) is 0 Å². The van der Waals surface area contributed by atoms with Gasteiger partial charge < -0.3 is 14.6 Å². The van der Waals surface area contributed by atoms with Crippen molar-refractivity contribution in [3.05, 3.63) is 23.8 Å². The van der Waals surface area contributed by atoms with Crippen LogP contribution >= 0.6 is 0 Å². The van der Waals surface area contributed by atoms with Crippen LogP contribution < -0.4 is 9.64 Å². The molecule has 1 aromatic rings. The number of hydrogen-bond acceptors (Lipinski definition) is 3. The molecule has 0 amide bonds. The van der Waals surface area contributed by atoms with Crippen molar-refractivity contribution in [3.63, 3.8) is 0 Å². The van der Waals surface area contributed by atoms with Crippen LogP contribution in [0.5, 0.6) is 11.5 Å². The number of fused-ring (bicyclic) bond motifs is 3. The van der Waals surface area contributed by atoms with Crippen molar-refractivity contribution in [3.8, 4) is 11.5 Å². The molecule has 2 fully saturated rings. The van der Waals surface area contributed by atoms with E-state index in [9.17, 15) is 5.11 Å². The molecule has 4 rings (SSSR count). The van der Waals surface area contributed by atoms with Gasteiger partial charge in [-0.15, -0.1) is 0 Å². The standard InChI is InChI=1S/C15H19NO3/c17-11-3-4-14-12(10-11)13-2-1-5-15(13,19-14)16-6-8-18-9-7-16/h3-4,10,13,17H,1-2,5-9H2/p+1/t13-,15+/m1/s1. The second kappa shape index (κ2) is 4.12. The van der Waals surface area contributed by atoms with Crippen LogP contribution in [-0.2, 0) is 4.74 Å². The van der Waals surface area contributed by atoms with Crippen molar-refractivity contribution in [2.45, 2.75) is 30.9 Å². The summed E-state index contributed by atoms with van der Waals surface area (Å²) in [7, 11) is 0. The van der Waals surface area contributed by atoms with E-state index in [1.165, 1.54) is 23.3 Å². The van der Waals surface area contributed by atoms with Gasteiger partial charge in [-0.3, -0.25) is 4.90 Å². The van der Waals surface area contributed by atoms with Gasteiger partial charge >= 0.3 is 0 Å². The number of aromatic hydroxyl groups is 1. The summed E-state index contributed by atoms with van der Waals surface area (Å²) in [6, 6.07) is 5.54. The quantitative estimate of drug-likeness (QED) is 0.781. The monoisotopic (exact) mass is 262 g/mol. The molecule has 0 bridgehead atoms. The molecule has 1 saturated carbocycles. The minimum absolute atomic E-state index is 0.0973. The van der Waals surface area contributed by atoms with Gasteiger partial charge in [0.25, 0.3) is 0 Å². The van der Waals surface area contributed by atoms with Gasteiger partial charge in [0.15, 0.2) is 0 Å². The van der Waals surface area contributed by atoms with Gasteiger partial charge in [-0.05, 0) is 31.0 Å². The fraction of sp³-hybridized carbons (Fsp3) is 0.600. The Kier molecular flexibility index (Phi) is 2.50. The average Bonchev–Trinajstić information content (AvgIpc) is 2.97. The van der Waals surface area contributed by atoms with E-state index in [0.29, 0.717) is 11.7 Å². The summed E-state index contributed by atoms with van der Waals surface area (Å²) in [5.74, 6) is 1.76. The zero-order chi connectivity index (χ0) is 12.9. The number of rotatable bonds is 1. The van der Waals surface area contributed by atoms with Crippen molar-refractivity contribution in [1.29, 1.82) is 0 Å². The van der Waals surface area contributed by atoms with Crippen molar-refractivity contribution in [2.75, 3.05) is 26.3 Å². The lowest BCUT2D eigenvalue weighted by Crippen LogP contribution is -3.23. The van der Waals surface area contributed by atoms with Crippen LogP contribution in [0.2, 0.25) is 0 Å². The van der Waals surface area contributed by atoms with Crippen LogP contribution in [0.4, 0.5) is 0 Å². The average molecular weight is 262 g/mol. The summed E-state index contributed by atoms with van der Waals surface area (Å²) in [5, 5.41) is 9.73. The first-order valence-electron chi connectivity index (χ1n) is 7.24. The van der Waals surface area contributed by atoms with Gasteiger partial charge in [0.1, 0.15) is 24.6 Å². The van der Waals surface area contributed by atoms with Crippen LogP contribution in [-0.4, -0.2) is 37.1 Å². The molecule has 2 heterocycles. The molecule has 0 aromatic heterocycles. The summed E-state index contributed by atoms with van der Waals surface area (Å²) < 4.78 is 11.9. The Morgan fingerprint density at radius 2 is 2.11 bits per heavy atom. The summed E-state index contributed by atoms with van der Waals surface area (Å²) >= 11 is 0. The van der Waals surface area contributed by atoms with Crippen molar-refractivity contribution < 1.29 is 19.5 Å². The number of phenolic OH excluding ortho intramolecular Hbond substituents is 1. The van der Waals surface area contributed by atoms with Gasteiger partial charge in [-0.1, -0.05) is 0 Å². The van der Waals surface area contributed by atoms with Gasteiger partial charge in [-0.25, -0.2) is 0 Å². The molecule has 2 N–H and O–H groups in total. The number of morpholine rings is 1. The van der Waals surface area contributed by atoms with E-state index < -0.39 is 0 Å². The highest BCUT2D eigenvalue weighted by Gasteiger charge is 2.59. The first-order valence-corrected chi connectivity index (χ1v) is 7.24. The fourth-order valence-corrected chi connectivity index (χ4v) is 4.14. The molecule has 0 radical (unpaired) electrons. The molecule has 0 spiro atoms. The second-order valence-corrected chi connectivity index (χ2v) is 5.87. The zero-order valence-electron chi connectivity index (χ0n) is 11.0. The van der Waals surface area contributed by atoms with E-state index in [4.69, 9.17) is 9.47 Å². The zero-order valence-corrected chi connectivity index (χ0v) is 11.0. The Labute approximate surface area is 112 Å². The fourth-order valence-electron chi connectivity index (χ4n) is 4.14. The molecule has 19 heavy (non-hydrogen) atoms. The Hall–Kier alpha value is -1.26. The normalized spacial score (nSPS) is 33.8. The minimum Gasteiger partial charge on any atom is -0.508 e. The third kappa shape index (κ3) is 1.60. The Morgan fingerprint density at radius 1 is 1.26 bits per heavy atom. The maximum Gasteiger partial charge on any atom is 0.248 e. The topological polar surface area (TPSA) is 43.1 Å². The van der Waals surface area contributed by atoms with E-state index in [1.807, 2.05) is 12.1 Å². The summed E-state index contributed by atoms with van der Waals surface area (Å²) in [4.78, 5) is 1.52. The van der Waals surface area contributed by atoms with Crippen molar-refractivity contribution in [2.24, 2.45) is 0 Å². The number of nitrogens with one attached hydrogen (secondary N) is 1. The lowest BCUT2D eigenvalue weighted by molar-refractivity contribution is -0.980. The summed E-state index contributed by atoms with van der Waals surface area (Å²) in [6.45, 7) is 3.70. The number of hydrogen-bond donors (Lipinski definition) is 2. The Morgan fingerprint density at radius 3 is 2.95 bits per heavy atom. The van der Waals surface area contributed by atoms with Gasteiger partial charge in [0, 0.05) is 12.0 Å². The third-order valence-corrected chi connectivity index (χ3v) is 4.96. The highest BCUT2D eigenvalue weighted by atomic mass is 16.5. The Bertz CT molecular complexity index is 498. The maximum atomic E-state index is 9.73. The maximum absolute atomic E-state index is 9.73. The third-order valence-electron chi connectivity index (χ3n) is 4.96. The molecule has 102 valence electrons. The highest BCUT2D eigenvalue weighted by molar-refractivity contribution is 5.47. The molecule has 0 unspecified atom stereocenters. The molecule has 2 atom stereocenters. The van der Waals surface area contributed by atoms with Gasteiger partial charge in [0.05, 0.1) is 19.1 Å². The van der Waals surface area contributed by atoms with Crippen molar-refractivity contribution in [1.82, 2.24) is 0 Å². The van der Waals surface area contributed by atoms with Crippen LogP contribution in [0.3, 0.4) is 0 Å². The first-order chi connectivity index (χ1) is 9.29. The number of benzene rings is 1. The first kappa shape index (κ1) is 11.6. The molecule has 1 aliphatic carbocycles. The van der Waals surface area contributed by atoms with Gasteiger partial charge in [-0.2, -0.15) is 0 Å². The second-order valence-electron chi connectivity index (χ2n) is 5.87. The molecule has 3 aliphatic rings. The number of ether oxygens (including phenoxy) is 2. The van der Waals surface area contributed by atoms with Crippen LogP contribution in [0.1, 0.15) is 30.7 Å². The molecular formula is C15H20NO3+. The predicted octanol–water partition coefficient (Wildman–Crippen LogP) is 0.663. The largest absolute Gasteiger partial charge is 0.508 e. The summed E-state index contributed by atoms with van der Waals surface area (Å²) in [6.07, 6.45) is 3.49. The minimum atomic E-state index is -0.0973. The SMILES string of the molecule is Oc1ccc2c(c1)[C@H]1CCC[C@]1([NH+]1CCOCC1)O2. The summed E-state index contributed by atoms with van der Waals surface area (Å²) in [5.41, 5.74) is 1.11. The molecule has 1 saturated heterocycles. The van der Waals surface area contributed by atoms with Crippen LogP contribution in [0.15, 0.2) is 18.2 Å². The van der Waals surface area contributed by atoms with E-state index in [1.54, 1.807) is 6.07 Å². The van der Waals surface area contributed by atoms with E-state index >= 15 is 0 Å². The smallest absolute Gasteiger partial charge is 0.248 e. The van der Waals surface area contributed by atoms with Crippen molar-refractivity contribution >= 4 is 0 Å². The van der Waals surface area contributed by atoms with E-state index in [2.05, 4.69) is 0 Å². The molecular weight excluding hydrogens is 242 g/mol. The lowest BCUT2D eigenvalue weighted by Gasteiger charge is -2.39. The molecule has 4 nitrogen and oxygen atoms in total. The molecule has 2 aliphatic heterocycles. The molecule has 4 heteroatoms. The predicted molar refractivity (Wildman–Crippen MR) is 69.6 cm³/mol. The van der Waals surface area contributed by atoms with E-state index in [-0.39, 0.29) is 5.72 Å².